The largest absolute Gasteiger partial charge is 0.363 e. The van der Waals surface area contributed by atoms with Crippen molar-refractivity contribution in [3.8, 4) is 0 Å². The van der Waals surface area contributed by atoms with E-state index in [9.17, 15) is 24.0 Å². The van der Waals surface area contributed by atoms with Crippen LogP contribution in [-0.2, 0) is 28.8 Å². The van der Waals surface area contributed by atoms with Crippen LogP contribution in [0.2, 0.25) is 0 Å². The number of likely N-dealkylation sites (tertiary alicyclic amines) is 1. The number of nitrogens with two attached hydrogens (primary N) is 1. The maximum absolute atomic E-state index is 15.1. The first-order chi connectivity index (χ1) is 25.3. The molecule has 5 atom stereocenters. The number of nitrogens with zero attached hydrogens (tertiary/aromatic N) is 2. The van der Waals surface area contributed by atoms with Crippen molar-refractivity contribution in [2.45, 2.75) is 163 Å². The van der Waals surface area contributed by atoms with E-state index in [1.165, 1.54) is 0 Å². The molecule has 10 nitrogen and oxygen atoms in total. The summed E-state index contributed by atoms with van der Waals surface area (Å²) in [5, 5.41) is 3.41. The van der Waals surface area contributed by atoms with Gasteiger partial charge in [0.05, 0.1) is 6.04 Å². The van der Waals surface area contributed by atoms with Crippen LogP contribution in [0, 0.1) is 51.2 Å². The van der Waals surface area contributed by atoms with Gasteiger partial charge in [0.15, 0.2) is 5.78 Å². The predicted molar refractivity (Wildman–Crippen MR) is 208 cm³/mol. The summed E-state index contributed by atoms with van der Waals surface area (Å²) in [4.78, 5) is 87.3. The second kappa shape index (κ2) is 15.0. The van der Waals surface area contributed by atoms with Crippen molar-refractivity contribution in [2.24, 2.45) is 57.0 Å². The fourth-order valence-corrected chi connectivity index (χ4v) is 12.2. The van der Waals surface area contributed by atoms with E-state index in [1.54, 1.807) is 4.90 Å². The van der Waals surface area contributed by atoms with Crippen molar-refractivity contribution in [3.05, 3.63) is 0 Å². The lowest BCUT2D eigenvalue weighted by Crippen LogP contribution is -2.61. The van der Waals surface area contributed by atoms with Crippen LogP contribution in [0.25, 0.3) is 0 Å². The van der Waals surface area contributed by atoms with Crippen molar-refractivity contribution in [1.29, 1.82) is 0 Å². The molecule has 3 amide bonds. The van der Waals surface area contributed by atoms with Gasteiger partial charge < -0.3 is 20.9 Å². The average Bonchev–Trinajstić information content (AvgIpc) is 3.27. The molecule has 4 saturated carbocycles. The molecule has 302 valence electrons. The molecule has 0 aromatic heterocycles. The summed E-state index contributed by atoms with van der Waals surface area (Å²) < 4.78 is 0. The van der Waals surface area contributed by atoms with Gasteiger partial charge in [-0.1, -0.05) is 79.6 Å². The van der Waals surface area contributed by atoms with Crippen LogP contribution in [-0.4, -0.2) is 82.6 Å². The minimum absolute atomic E-state index is 0.0210. The van der Waals surface area contributed by atoms with E-state index in [1.807, 2.05) is 25.7 Å². The van der Waals surface area contributed by atoms with Crippen LogP contribution >= 0.6 is 0 Å². The number of fused-ring (bicyclic) bond motifs is 1. The molecule has 10 heteroatoms. The van der Waals surface area contributed by atoms with E-state index in [0.29, 0.717) is 38.4 Å². The standard InChI is InChI=1S/C44H70N4O6/c1-40(2,3)33(24-31(49)23-32(29-15-9-8-10-16-29)38(53)48-20-19-46-26-41(48,4)5)39(54)47-27-44(42(6,7)43(44)17-12-18-43)25-34(47)35(50)22-30(36(51)37(45)52)21-28-13-11-14-28/h28-30,32-34,46H,8-27H2,1-7H3,(H2,45,52)/t30?,32-,33+,34-,44+/m0/s1. The molecule has 2 heterocycles. The minimum atomic E-state index is -1.00. The smallest absolute Gasteiger partial charge is 0.285 e. The zero-order chi connectivity index (χ0) is 39.4. The fraction of sp³-hybridized carbons (Fsp3) is 0.864. The number of hydrogen-bond acceptors (Lipinski definition) is 7. The van der Waals surface area contributed by atoms with E-state index in [4.69, 9.17) is 5.73 Å². The Kier molecular flexibility index (Phi) is 11.4. The van der Waals surface area contributed by atoms with Gasteiger partial charge in [0.1, 0.15) is 5.78 Å². The van der Waals surface area contributed by atoms with Crippen molar-refractivity contribution in [2.75, 3.05) is 26.2 Å². The normalized spacial score (nSPS) is 29.2. The van der Waals surface area contributed by atoms with Crippen LogP contribution in [0.15, 0.2) is 0 Å². The molecular weight excluding hydrogens is 681 g/mol. The molecular formula is C44H70N4O6. The van der Waals surface area contributed by atoms with E-state index in [-0.39, 0.29) is 70.3 Å². The van der Waals surface area contributed by atoms with E-state index >= 15 is 4.79 Å². The van der Waals surface area contributed by atoms with E-state index in [2.05, 4.69) is 33.0 Å². The molecule has 2 saturated heterocycles. The molecule has 2 spiro atoms. The Labute approximate surface area is 324 Å². The van der Waals surface area contributed by atoms with E-state index < -0.39 is 40.9 Å². The van der Waals surface area contributed by atoms with Crippen molar-refractivity contribution < 1.29 is 28.8 Å². The Hall–Kier alpha value is -2.62. The zero-order valence-corrected chi connectivity index (χ0v) is 34.5. The van der Waals surface area contributed by atoms with Crippen LogP contribution in [0.1, 0.15) is 151 Å². The Morgan fingerprint density at radius 3 is 2.00 bits per heavy atom. The molecule has 0 aromatic carbocycles. The first-order valence-electron chi connectivity index (χ1n) is 21.5. The highest BCUT2D eigenvalue weighted by Gasteiger charge is 2.85. The number of amides is 3. The maximum atomic E-state index is 15.1. The van der Waals surface area contributed by atoms with Gasteiger partial charge in [-0.15, -0.1) is 0 Å². The molecule has 1 unspecified atom stereocenters. The average molecular weight is 751 g/mol. The number of Topliss-reactive ketones (excluding diaryl/α,β-unsaturated/α-hetero) is 3. The number of piperazine rings is 1. The van der Waals surface area contributed by atoms with Gasteiger partial charge in [0.2, 0.25) is 17.6 Å². The van der Waals surface area contributed by atoms with Gasteiger partial charge in [0, 0.05) is 74.1 Å². The number of carbonyl (C=O) groups is 6. The Morgan fingerprint density at radius 1 is 0.815 bits per heavy atom. The van der Waals surface area contributed by atoms with Crippen molar-refractivity contribution >= 4 is 35.1 Å². The first kappa shape index (κ1) is 41.0. The van der Waals surface area contributed by atoms with Crippen molar-refractivity contribution in [1.82, 2.24) is 15.1 Å². The third kappa shape index (κ3) is 7.24. The van der Waals surface area contributed by atoms with Gasteiger partial charge in [0.25, 0.3) is 5.91 Å². The summed E-state index contributed by atoms with van der Waals surface area (Å²) in [7, 11) is 0. The summed E-state index contributed by atoms with van der Waals surface area (Å²) in [6.07, 6.45) is 12.6. The molecule has 6 rings (SSSR count). The number of hydrogen-bond donors (Lipinski definition) is 2. The molecule has 2 aliphatic heterocycles. The molecule has 0 radical (unpaired) electrons. The molecule has 6 fully saturated rings. The third-order valence-electron chi connectivity index (χ3n) is 16.2. The Bertz CT molecular complexity index is 1500. The SMILES string of the molecule is CC(C)(C)[C@H](CC(=O)C[C@H](C(=O)N1CCNCC1(C)C)C1CCCCC1)C(=O)N1C[C@]2(C[C@H]1C(=O)CC(CC1CCC1)C(=O)C(N)=O)C(C)(C)C21CCC1. The lowest BCUT2D eigenvalue weighted by molar-refractivity contribution is -0.148. The highest BCUT2D eigenvalue weighted by atomic mass is 16.2. The maximum Gasteiger partial charge on any atom is 0.285 e. The lowest BCUT2D eigenvalue weighted by Gasteiger charge is -2.45. The minimum Gasteiger partial charge on any atom is -0.363 e. The highest BCUT2D eigenvalue weighted by molar-refractivity contribution is 6.36. The quantitative estimate of drug-likeness (QED) is 0.207. The van der Waals surface area contributed by atoms with Gasteiger partial charge in [-0.05, 0) is 80.5 Å². The van der Waals surface area contributed by atoms with Crippen LogP contribution in [0.4, 0.5) is 0 Å². The number of rotatable bonds is 14. The Balaban J connectivity index is 1.25. The van der Waals surface area contributed by atoms with Crippen LogP contribution in [0.5, 0.6) is 0 Å². The number of ketones is 3. The van der Waals surface area contributed by atoms with Gasteiger partial charge in [-0.2, -0.15) is 0 Å². The van der Waals surface area contributed by atoms with Gasteiger partial charge in [-0.25, -0.2) is 0 Å². The van der Waals surface area contributed by atoms with Crippen LogP contribution < -0.4 is 11.1 Å². The second-order valence-electron chi connectivity index (χ2n) is 20.8. The molecule has 4 aliphatic carbocycles. The highest BCUT2D eigenvalue weighted by Crippen LogP contribution is 2.88. The Morgan fingerprint density at radius 2 is 1.48 bits per heavy atom. The fourth-order valence-electron chi connectivity index (χ4n) is 12.2. The number of carbonyl (C=O) groups excluding carboxylic acids is 6. The van der Waals surface area contributed by atoms with Gasteiger partial charge in [-0.3, -0.25) is 28.8 Å². The number of primary amides is 1. The first-order valence-corrected chi connectivity index (χ1v) is 21.5. The summed E-state index contributed by atoms with van der Waals surface area (Å²) in [5.74, 6) is -3.43. The topological polar surface area (TPSA) is 147 Å². The zero-order valence-electron chi connectivity index (χ0n) is 34.5. The van der Waals surface area contributed by atoms with E-state index in [0.717, 1.165) is 77.2 Å². The molecule has 0 aromatic rings. The molecule has 3 N–H and O–H groups in total. The third-order valence-corrected chi connectivity index (χ3v) is 16.2. The summed E-state index contributed by atoms with van der Waals surface area (Å²) in [5.41, 5.74) is 4.40. The predicted octanol–water partition coefficient (Wildman–Crippen LogP) is 6.02. The monoisotopic (exact) mass is 751 g/mol. The van der Waals surface area contributed by atoms with Gasteiger partial charge >= 0.3 is 0 Å². The molecule has 6 aliphatic rings. The summed E-state index contributed by atoms with van der Waals surface area (Å²) >= 11 is 0. The van der Waals surface area contributed by atoms with Crippen LogP contribution in [0.3, 0.4) is 0 Å². The molecule has 54 heavy (non-hydrogen) atoms. The second-order valence-corrected chi connectivity index (χ2v) is 20.8. The van der Waals surface area contributed by atoms with Crippen molar-refractivity contribution in [3.63, 3.8) is 0 Å². The summed E-state index contributed by atoms with van der Waals surface area (Å²) in [6.45, 7) is 17.2. The number of nitrogens with one attached hydrogen (secondary N) is 1. The lowest BCUT2D eigenvalue weighted by atomic mass is 9.73. The molecule has 0 bridgehead atoms. The summed E-state index contributed by atoms with van der Waals surface area (Å²) in [6, 6.07) is -0.715.